The first-order valence-corrected chi connectivity index (χ1v) is 14.7. The Bertz CT molecular complexity index is 1430. The van der Waals surface area contributed by atoms with E-state index in [-0.39, 0.29) is 41.1 Å². The first kappa shape index (κ1) is 26.0. The predicted octanol–water partition coefficient (Wildman–Crippen LogP) is 3.41. The Balaban J connectivity index is 2.10. The summed E-state index contributed by atoms with van der Waals surface area (Å²) in [6.07, 6.45) is 2.84. The molecule has 12 heteroatoms. The molecule has 0 radical (unpaired) electrons. The number of aryl methyl sites for hydroxylation is 1. The number of hydrogen-bond donors (Lipinski definition) is 1. The summed E-state index contributed by atoms with van der Waals surface area (Å²) < 4.78 is 55.0. The Kier molecular flexibility index (Phi) is 7.59. The molecule has 0 saturated carbocycles. The highest BCUT2D eigenvalue weighted by Gasteiger charge is 2.27. The molecule has 0 unspecified atom stereocenters. The number of fused-ring (bicyclic) bond motifs is 1. The molecule has 3 aromatic rings. The summed E-state index contributed by atoms with van der Waals surface area (Å²) in [5.41, 5.74) is 1.52. The van der Waals surface area contributed by atoms with E-state index in [1.165, 1.54) is 7.05 Å². The fourth-order valence-corrected chi connectivity index (χ4v) is 5.38. The lowest BCUT2D eigenvalue weighted by Crippen LogP contribution is -2.32. The number of aromatic nitrogens is 1. The highest BCUT2D eigenvalue weighted by atomic mass is 35.5. The molecule has 0 spiro atoms. The SMILES string of the molecule is CNC(=O)c1c(-c2ccc(Cl)cc2)oc2nc(N(CCCCS(C)(=O)=O)S(C)(=O)=O)c(C)cc12. The molecule has 0 aliphatic carbocycles. The van der Waals surface area contributed by atoms with Gasteiger partial charge >= 0.3 is 0 Å². The number of halogens is 1. The van der Waals surface area contributed by atoms with Crippen LogP contribution >= 0.6 is 11.6 Å². The van der Waals surface area contributed by atoms with Gasteiger partial charge in [0, 0.05) is 36.2 Å². The van der Waals surface area contributed by atoms with Crippen molar-refractivity contribution in [1.82, 2.24) is 10.3 Å². The molecule has 34 heavy (non-hydrogen) atoms. The predicted molar refractivity (Wildman–Crippen MR) is 134 cm³/mol. The second kappa shape index (κ2) is 9.93. The molecule has 184 valence electrons. The minimum atomic E-state index is -3.72. The molecular weight excluding hydrogens is 502 g/mol. The third kappa shape index (κ3) is 5.89. The molecule has 0 aliphatic rings. The van der Waals surface area contributed by atoms with Gasteiger partial charge in [-0.3, -0.25) is 9.10 Å². The van der Waals surface area contributed by atoms with Crippen molar-refractivity contribution in [2.24, 2.45) is 0 Å². The van der Waals surface area contributed by atoms with Crippen molar-refractivity contribution in [3.8, 4) is 11.3 Å². The van der Waals surface area contributed by atoms with Crippen LogP contribution in [0.1, 0.15) is 28.8 Å². The van der Waals surface area contributed by atoms with Crippen LogP contribution in [0.3, 0.4) is 0 Å². The second-order valence-electron chi connectivity index (χ2n) is 8.05. The number of hydrogen-bond acceptors (Lipinski definition) is 7. The number of benzene rings is 1. The van der Waals surface area contributed by atoms with Gasteiger partial charge in [0.25, 0.3) is 5.91 Å². The Hall–Kier alpha value is -2.63. The molecular formula is C22H26ClN3O6S2. The van der Waals surface area contributed by atoms with Gasteiger partial charge in [0.2, 0.25) is 15.7 Å². The van der Waals surface area contributed by atoms with Crippen LogP contribution in [0, 0.1) is 6.92 Å². The van der Waals surface area contributed by atoms with E-state index in [2.05, 4.69) is 10.3 Å². The molecule has 2 heterocycles. The van der Waals surface area contributed by atoms with E-state index >= 15 is 0 Å². The third-order valence-electron chi connectivity index (χ3n) is 5.17. The van der Waals surface area contributed by atoms with Crippen molar-refractivity contribution in [2.75, 3.05) is 36.2 Å². The number of pyridine rings is 1. The summed E-state index contributed by atoms with van der Waals surface area (Å²) in [4.78, 5) is 17.2. The Labute approximate surface area is 204 Å². The second-order valence-corrected chi connectivity index (χ2v) is 12.6. The largest absolute Gasteiger partial charge is 0.437 e. The quantitative estimate of drug-likeness (QED) is 0.422. The smallest absolute Gasteiger partial charge is 0.255 e. The standard InChI is InChI=1S/C22H26ClN3O6S2/c1-14-13-17-18(21(27)24-2)19(15-7-9-16(23)10-8-15)32-22(17)25-20(14)26(34(4,30)31)11-5-6-12-33(3,28)29/h7-10,13H,5-6,11-12H2,1-4H3,(H,24,27). The van der Waals surface area contributed by atoms with Crippen LogP contribution in [0.2, 0.25) is 5.02 Å². The van der Waals surface area contributed by atoms with Gasteiger partial charge < -0.3 is 9.73 Å². The van der Waals surface area contributed by atoms with E-state index in [1.54, 1.807) is 37.3 Å². The molecule has 1 N–H and O–H groups in total. The number of nitrogens with zero attached hydrogens (tertiary/aromatic N) is 2. The van der Waals surface area contributed by atoms with Crippen LogP contribution in [-0.4, -0.2) is 59.6 Å². The van der Waals surface area contributed by atoms with Crippen LogP contribution in [-0.2, 0) is 19.9 Å². The Morgan fingerprint density at radius 1 is 1.12 bits per heavy atom. The van der Waals surface area contributed by atoms with Gasteiger partial charge in [0.1, 0.15) is 21.4 Å². The average Bonchev–Trinajstić information content (AvgIpc) is 3.10. The molecule has 1 aromatic carbocycles. The molecule has 0 saturated heterocycles. The number of furan rings is 1. The topological polar surface area (TPSA) is 127 Å². The van der Waals surface area contributed by atoms with Crippen molar-refractivity contribution >= 4 is 54.3 Å². The lowest BCUT2D eigenvalue weighted by atomic mass is 10.0. The normalized spacial score (nSPS) is 12.1. The molecule has 9 nitrogen and oxygen atoms in total. The van der Waals surface area contributed by atoms with Gasteiger partial charge in [-0.05, 0) is 55.7 Å². The van der Waals surface area contributed by atoms with Gasteiger partial charge in [-0.1, -0.05) is 11.6 Å². The molecule has 1 amide bonds. The highest BCUT2D eigenvalue weighted by molar-refractivity contribution is 7.92. The Morgan fingerprint density at radius 2 is 1.76 bits per heavy atom. The van der Waals surface area contributed by atoms with Crippen molar-refractivity contribution in [3.63, 3.8) is 0 Å². The minimum Gasteiger partial charge on any atom is -0.437 e. The summed E-state index contributed by atoms with van der Waals surface area (Å²) in [7, 11) is -5.36. The third-order valence-corrected chi connectivity index (χ3v) is 7.61. The molecule has 0 bridgehead atoms. The number of carbonyl (C=O) groups is 1. The summed E-state index contributed by atoms with van der Waals surface area (Å²) in [5.74, 6) is 0.0375. The van der Waals surface area contributed by atoms with Gasteiger partial charge in [-0.2, -0.15) is 4.98 Å². The van der Waals surface area contributed by atoms with Crippen molar-refractivity contribution < 1.29 is 26.0 Å². The Morgan fingerprint density at radius 3 is 2.32 bits per heavy atom. The van der Waals surface area contributed by atoms with E-state index in [1.807, 2.05) is 0 Å². The number of rotatable bonds is 9. The number of anilines is 1. The van der Waals surface area contributed by atoms with Crippen molar-refractivity contribution in [2.45, 2.75) is 19.8 Å². The zero-order valence-electron chi connectivity index (χ0n) is 19.3. The maximum absolute atomic E-state index is 12.7. The van der Waals surface area contributed by atoms with Gasteiger partial charge in [0.15, 0.2) is 0 Å². The first-order chi connectivity index (χ1) is 15.8. The zero-order chi connectivity index (χ0) is 25.3. The zero-order valence-corrected chi connectivity index (χ0v) is 21.6. The average molecular weight is 528 g/mol. The molecule has 3 rings (SSSR count). The van der Waals surface area contributed by atoms with E-state index < -0.39 is 19.9 Å². The maximum atomic E-state index is 12.7. The molecule has 0 fully saturated rings. The van der Waals surface area contributed by atoms with E-state index in [0.29, 0.717) is 34.4 Å². The molecule has 0 aliphatic heterocycles. The summed E-state index contributed by atoms with van der Waals surface area (Å²) >= 11 is 5.99. The monoisotopic (exact) mass is 527 g/mol. The van der Waals surface area contributed by atoms with Crippen LogP contribution in [0.15, 0.2) is 34.7 Å². The van der Waals surface area contributed by atoms with Gasteiger partial charge in [0.05, 0.1) is 17.2 Å². The maximum Gasteiger partial charge on any atom is 0.255 e. The fourth-order valence-electron chi connectivity index (χ4n) is 3.57. The molecule has 0 atom stereocenters. The van der Waals surface area contributed by atoms with Gasteiger partial charge in [-0.25, -0.2) is 16.8 Å². The van der Waals surface area contributed by atoms with Crippen LogP contribution in [0.4, 0.5) is 5.82 Å². The van der Waals surface area contributed by atoms with Gasteiger partial charge in [-0.15, -0.1) is 0 Å². The van der Waals surface area contributed by atoms with E-state index in [9.17, 15) is 21.6 Å². The number of unbranched alkanes of at least 4 members (excludes halogenated alkanes) is 1. The molecule has 2 aromatic heterocycles. The van der Waals surface area contributed by atoms with Crippen LogP contribution in [0.5, 0.6) is 0 Å². The number of nitrogens with one attached hydrogen (secondary N) is 1. The lowest BCUT2D eigenvalue weighted by Gasteiger charge is -2.22. The fraction of sp³-hybridized carbons (Fsp3) is 0.364. The summed E-state index contributed by atoms with van der Waals surface area (Å²) in [6, 6.07) is 8.43. The van der Waals surface area contributed by atoms with Crippen LogP contribution < -0.4 is 9.62 Å². The first-order valence-electron chi connectivity index (χ1n) is 10.4. The summed E-state index contributed by atoms with van der Waals surface area (Å²) in [5, 5.41) is 3.57. The van der Waals surface area contributed by atoms with Crippen LogP contribution in [0.25, 0.3) is 22.4 Å². The van der Waals surface area contributed by atoms with Crippen molar-refractivity contribution in [1.29, 1.82) is 0 Å². The summed E-state index contributed by atoms with van der Waals surface area (Å²) in [6.45, 7) is 1.75. The number of amides is 1. The minimum absolute atomic E-state index is 0.0336. The van der Waals surface area contributed by atoms with E-state index in [0.717, 1.165) is 16.8 Å². The number of sulfonamides is 1. The van der Waals surface area contributed by atoms with Crippen molar-refractivity contribution in [3.05, 3.63) is 46.5 Å². The highest BCUT2D eigenvalue weighted by Crippen LogP contribution is 2.36. The lowest BCUT2D eigenvalue weighted by molar-refractivity contribution is 0.0964. The number of sulfone groups is 1. The number of carbonyl (C=O) groups excluding carboxylic acids is 1. The van der Waals surface area contributed by atoms with E-state index in [4.69, 9.17) is 16.0 Å².